The number of carboxylic acids is 1. The van der Waals surface area contributed by atoms with E-state index in [1.54, 1.807) is 13.0 Å². The number of pyridine rings is 1. The van der Waals surface area contributed by atoms with E-state index in [0.717, 1.165) is 0 Å². The normalized spacial score (nSPS) is 13.8. The van der Waals surface area contributed by atoms with Gasteiger partial charge in [0, 0.05) is 12.2 Å². The Hall–Kier alpha value is -1.62. The van der Waals surface area contributed by atoms with E-state index in [1.807, 2.05) is 0 Å². The van der Waals surface area contributed by atoms with Crippen molar-refractivity contribution in [3.63, 3.8) is 0 Å². The molecular weight excluding hydrogens is 244 g/mol. The van der Waals surface area contributed by atoms with Crippen molar-refractivity contribution < 1.29 is 14.7 Å². The quantitative estimate of drug-likeness (QED) is 0.802. The summed E-state index contributed by atoms with van der Waals surface area (Å²) in [5.41, 5.74) is 0.235. The van der Waals surface area contributed by atoms with Gasteiger partial charge >= 0.3 is 5.97 Å². The molecule has 92 valence electrons. The molecule has 0 saturated heterocycles. The van der Waals surface area contributed by atoms with Crippen molar-refractivity contribution in [3.05, 3.63) is 29.0 Å². The van der Waals surface area contributed by atoms with Crippen molar-refractivity contribution in [3.8, 4) is 0 Å². The summed E-state index contributed by atoms with van der Waals surface area (Å²) in [7, 11) is 0. The second kappa shape index (κ2) is 5.63. The molecule has 2 atom stereocenters. The number of nitrogens with one attached hydrogen (secondary N) is 1. The first-order valence-corrected chi connectivity index (χ1v) is 5.45. The molecule has 1 rings (SSSR count). The van der Waals surface area contributed by atoms with Gasteiger partial charge in [0.25, 0.3) is 5.91 Å². The molecule has 0 spiro atoms. The molecule has 0 bridgehead atoms. The van der Waals surface area contributed by atoms with Crippen LogP contribution in [0.1, 0.15) is 24.2 Å². The molecule has 1 aromatic heterocycles. The number of hydrogen-bond acceptors (Lipinski definition) is 3. The van der Waals surface area contributed by atoms with Crippen molar-refractivity contribution in [1.29, 1.82) is 0 Å². The third-order valence-corrected chi connectivity index (χ3v) is 2.80. The monoisotopic (exact) mass is 256 g/mol. The number of carboxylic acid groups (broad SMARTS) is 1. The summed E-state index contributed by atoms with van der Waals surface area (Å²) in [5, 5.41) is 11.5. The van der Waals surface area contributed by atoms with Gasteiger partial charge in [-0.05, 0) is 26.0 Å². The standard InChI is InChI=1S/C11H13ClN2O3/c1-6(11(16)17)7(2)14-10(15)8-4-3-5-13-9(8)12/h3-7H,1-2H3,(H,14,15)(H,16,17). The van der Waals surface area contributed by atoms with Crippen LogP contribution in [0, 0.1) is 5.92 Å². The Balaban J connectivity index is 2.74. The molecule has 2 N–H and O–H groups in total. The van der Waals surface area contributed by atoms with E-state index >= 15 is 0 Å². The van der Waals surface area contributed by atoms with Crippen LogP contribution in [0.5, 0.6) is 0 Å². The number of nitrogens with zero attached hydrogens (tertiary/aromatic N) is 1. The van der Waals surface area contributed by atoms with Crippen LogP contribution in [0.2, 0.25) is 5.15 Å². The lowest BCUT2D eigenvalue weighted by atomic mass is 10.0. The smallest absolute Gasteiger partial charge is 0.308 e. The van der Waals surface area contributed by atoms with Gasteiger partial charge in [0.1, 0.15) is 5.15 Å². The zero-order valence-electron chi connectivity index (χ0n) is 9.48. The van der Waals surface area contributed by atoms with E-state index in [-0.39, 0.29) is 10.7 Å². The van der Waals surface area contributed by atoms with Gasteiger partial charge in [0.15, 0.2) is 0 Å². The van der Waals surface area contributed by atoms with Crippen LogP contribution in [0.4, 0.5) is 0 Å². The predicted molar refractivity (Wildman–Crippen MR) is 63.0 cm³/mol. The van der Waals surface area contributed by atoms with E-state index in [2.05, 4.69) is 10.3 Å². The van der Waals surface area contributed by atoms with Gasteiger partial charge in [-0.25, -0.2) is 4.98 Å². The topological polar surface area (TPSA) is 79.3 Å². The lowest BCUT2D eigenvalue weighted by Crippen LogP contribution is -2.40. The van der Waals surface area contributed by atoms with Crippen molar-refractivity contribution >= 4 is 23.5 Å². The fraction of sp³-hybridized carbons (Fsp3) is 0.364. The first-order chi connectivity index (χ1) is 7.93. The Kier molecular flexibility index (Phi) is 4.45. The highest BCUT2D eigenvalue weighted by Crippen LogP contribution is 2.12. The molecule has 17 heavy (non-hydrogen) atoms. The number of halogens is 1. The molecule has 0 aromatic carbocycles. The second-order valence-electron chi connectivity index (χ2n) is 3.73. The summed E-state index contributed by atoms with van der Waals surface area (Å²) in [5.74, 6) is -2.06. The van der Waals surface area contributed by atoms with E-state index in [9.17, 15) is 9.59 Å². The first kappa shape index (κ1) is 13.4. The Labute approximate surface area is 104 Å². The van der Waals surface area contributed by atoms with Crippen LogP contribution in [0.3, 0.4) is 0 Å². The van der Waals surface area contributed by atoms with Crippen molar-refractivity contribution in [1.82, 2.24) is 10.3 Å². The molecule has 1 amide bonds. The lowest BCUT2D eigenvalue weighted by Gasteiger charge is -2.17. The van der Waals surface area contributed by atoms with Gasteiger partial charge < -0.3 is 10.4 Å². The summed E-state index contributed by atoms with van der Waals surface area (Å²) in [6.45, 7) is 3.15. The molecule has 1 heterocycles. The van der Waals surface area contributed by atoms with E-state index in [1.165, 1.54) is 19.2 Å². The molecule has 0 aliphatic rings. The van der Waals surface area contributed by atoms with Crippen LogP contribution in [-0.2, 0) is 4.79 Å². The Bertz CT molecular complexity index is 436. The minimum atomic E-state index is -0.963. The van der Waals surface area contributed by atoms with Crippen LogP contribution in [-0.4, -0.2) is 28.0 Å². The average molecular weight is 257 g/mol. The van der Waals surface area contributed by atoms with E-state index < -0.39 is 23.8 Å². The Morgan fingerprint density at radius 3 is 2.65 bits per heavy atom. The van der Waals surface area contributed by atoms with Crippen LogP contribution in [0.25, 0.3) is 0 Å². The van der Waals surface area contributed by atoms with Gasteiger partial charge in [-0.1, -0.05) is 11.6 Å². The number of amides is 1. The van der Waals surface area contributed by atoms with Gasteiger partial charge in [-0.3, -0.25) is 9.59 Å². The SMILES string of the molecule is CC(NC(=O)c1cccnc1Cl)C(C)C(=O)O. The largest absolute Gasteiger partial charge is 0.481 e. The van der Waals surface area contributed by atoms with Crippen molar-refractivity contribution in [2.45, 2.75) is 19.9 Å². The lowest BCUT2D eigenvalue weighted by molar-refractivity contribution is -0.141. The summed E-state index contributed by atoms with van der Waals surface area (Å²) in [6.07, 6.45) is 1.47. The third-order valence-electron chi connectivity index (χ3n) is 2.50. The summed E-state index contributed by atoms with van der Waals surface area (Å²) < 4.78 is 0. The minimum Gasteiger partial charge on any atom is -0.481 e. The predicted octanol–water partition coefficient (Wildman–Crippen LogP) is 1.57. The fourth-order valence-electron chi connectivity index (χ4n) is 1.18. The van der Waals surface area contributed by atoms with Gasteiger partial charge in [0.2, 0.25) is 0 Å². The maximum Gasteiger partial charge on any atom is 0.308 e. The molecule has 2 unspecified atom stereocenters. The molecule has 0 saturated carbocycles. The van der Waals surface area contributed by atoms with Gasteiger partial charge in [-0.2, -0.15) is 0 Å². The van der Waals surface area contributed by atoms with Gasteiger partial charge in [-0.15, -0.1) is 0 Å². The summed E-state index contributed by atoms with van der Waals surface area (Å²) in [6, 6.07) is 2.63. The highest BCUT2D eigenvalue weighted by molar-refractivity contribution is 6.32. The van der Waals surface area contributed by atoms with Gasteiger partial charge in [0.05, 0.1) is 11.5 Å². The van der Waals surface area contributed by atoms with Crippen molar-refractivity contribution in [2.75, 3.05) is 0 Å². The summed E-state index contributed by atoms with van der Waals surface area (Å²) in [4.78, 5) is 26.3. The van der Waals surface area contributed by atoms with E-state index in [0.29, 0.717) is 0 Å². The highest BCUT2D eigenvalue weighted by Gasteiger charge is 2.22. The molecule has 0 fully saturated rings. The van der Waals surface area contributed by atoms with Crippen LogP contribution >= 0.6 is 11.6 Å². The van der Waals surface area contributed by atoms with Crippen molar-refractivity contribution in [2.24, 2.45) is 5.92 Å². The molecule has 6 heteroatoms. The number of aliphatic carboxylic acids is 1. The number of carbonyl (C=O) groups is 2. The van der Waals surface area contributed by atoms with Crippen LogP contribution in [0.15, 0.2) is 18.3 Å². The number of hydrogen-bond donors (Lipinski definition) is 2. The Morgan fingerprint density at radius 2 is 2.12 bits per heavy atom. The minimum absolute atomic E-state index is 0.0974. The zero-order chi connectivity index (χ0) is 13.0. The second-order valence-corrected chi connectivity index (χ2v) is 4.09. The number of carbonyl (C=O) groups excluding carboxylic acids is 1. The molecule has 0 aliphatic carbocycles. The fourth-order valence-corrected chi connectivity index (χ4v) is 1.38. The molecular formula is C11H13ClN2O3. The molecule has 5 nitrogen and oxygen atoms in total. The molecule has 0 radical (unpaired) electrons. The zero-order valence-corrected chi connectivity index (χ0v) is 10.2. The Morgan fingerprint density at radius 1 is 1.47 bits per heavy atom. The number of aromatic nitrogens is 1. The summed E-state index contributed by atoms with van der Waals surface area (Å²) >= 11 is 5.76. The van der Waals surface area contributed by atoms with Crippen LogP contribution < -0.4 is 5.32 Å². The molecule has 1 aromatic rings. The molecule has 0 aliphatic heterocycles. The third kappa shape index (κ3) is 3.42. The number of rotatable bonds is 4. The highest BCUT2D eigenvalue weighted by atomic mass is 35.5. The maximum atomic E-state index is 11.8. The maximum absolute atomic E-state index is 11.8. The average Bonchev–Trinajstić information content (AvgIpc) is 2.28. The first-order valence-electron chi connectivity index (χ1n) is 5.07. The van der Waals surface area contributed by atoms with E-state index in [4.69, 9.17) is 16.7 Å².